The van der Waals surface area contributed by atoms with Crippen molar-refractivity contribution in [3.63, 3.8) is 0 Å². The Morgan fingerprint density at radius 1 is 0.879 bits per heavy atom. The second kappa shape index (κ2) is 9.35. The third-order valence-corrected chi connectivity index (χ3v) is 6.43. The summed E-state index contributed by atoms with van der Waals surface area (Å²) in [5.41, 5.74) is 5.11. The number of para-hydroxylation sites is 2. The number of rotatable bonds is 5. The van der Waals surface area contributed by atoms with Crippen LogP contribution in [0.1, 0.15) is 16.8 Å². The lowest BCUT2D eigenvalue weighted by molar-refractivity contribution is -0.122. The second-order valence-corrected chi connectivity index (χ2v) is 8.85. The molecule has 1 aromatic heterocycles. The fourth-order valence-electron chi connectivity index (χ4n) is 3.81. The molecule has 1 saturated heterocycles. The van der Waals surface area contributed by atoms with Crippen LogP contribution in [0.2, 0.25) is 0 Å². The largest absolute Gasteiger partial charge is 0.321 e. The van der Waals surface area contributed by atoms with Crippen LogP contribution in [0.4, 0.5) is 5.69 Å². The molecule has 2 heterocycles. The van der Waals surface area contributed by atoms with E-state index in [1.54, 1.807) is 4.90 Å². The van der Waals surface area contributed by atoms with Crippen molar-refractivity contribution >= 4 is 34.6 Å². The van der Waals surface area contributed by atoms with Crippen molar-refractivity contribution < 1.29 is 4.79 Å². The average Bonchev–Trinajstić information content (AvgIpc) is 3.35. The number of thioether (sulfide) groups is 1. The Kier molecular flexibility index (Phi) is 5.96. The number of carbonyl (C=O) groups is 1. The van der Waals surface area contributed by atoms with Crippen LogP contribution in [0, 0.1) is 6.92 Å². The molecular formula is C28H23N3OS. The molecule has 1 aliphatic rings. The van der Waals surface area contributed by atoms with Crippen molar-refractivity contribution in [1.82, 2.24) is 9.47 Å². The van der Waals surface area contributed by atoms with Crippen LogP contribution in [0.15, 0.2) is 113 Å². The lowest BCUT2D eigenvalue weighted by Gasteiger charge is -2.15. The lowest BCUT2D eigenvalue weighted by Crippen LogP contribution is -2.28. The Hall–Kier alpha value is -3.83. The molecular weight excluding hydrogens is 426 g/mol. The maximum absolute atomic E-state index is 13.4. The summed E-state index contributed by atoms with van der Waals surface area (Å²) in [5, 5.41) is 0.695. The molecule has 5 rings (SSSR count). The van der Waals surface area contributed by atoms with Crippen molar-refractivity contribution in [2.45, 2.75) is 13.5 Å². The molecule has 0 aliphatic carbocycles. The van der Waals surface area contributed by atoms with E-state index in [0.717, 1.165) is 28.2 Å². The molecule has 0 saturated carbocycles. The fourth-order valence-corrected chi connectivity index (χ4v) is 4.80. The molecule has 3 aromatic carbocycles. The number of amides is 1. The fraction of sp³-hybridized carbons (Fsp3) is 0.0714. The molecule has 0 unspecified atom stereocenters. The van der Waals surface area contributed by atoms with Crippen LogP contribution >= 0.6 is 11.8 Å². The van der Waals surface area contributed by atoms with E-state index in [4.69, 9.17) is 4.99 Å². The lowest BCUT2D eigenvalue weighted by atomic mass is 10.2. The van der Waals surface area contributed by atoms with Gasteiger partial charge in [0.2, 0.25) is 0 Å². The molecule has 0 atom stereocenters. The van der Waals surface area contributed by atoms with Crippen molar-refractivity contribution in [3.8, 4) is 5.69 Å². The standard InChI is InChI=1S/C28H23N3OS/c1-21-17-23(20-30(21)25-15-9-4-10-16-25)18-26-27(32)31(19-22-11-5-2-6-12-22)28(33-26)29-24-13-7-3-8-14-24/h2-18,20H,19H2,1H3/b26-18+,29-28?. The van der Waals surface area contributed by atoms with E-state index in [0.29, 0.717) is 16.6 Å². The van der Waals surface area contributed by atoms with Crippen LogP contribution < -0.4 is 0 Å². The van der Waals surface area contributed by atoms with Crippen molar-refractivity contribution in [3.05, 3.63) is 125 Å². The van der Waals surface area contributed by atoms with Gasteiger partial charge in [-0.25, -0.2) is 4.99 Å². The number of carbonyl (C=O) groups excluding carboxylic acids is 1. The highest BCUT2D eigenvalue weighted by Crippen LogP contribution is 2.35. The Morgan fingerprint density at radius 2 is 1.52 bits per heavy atom. The number of aliphatic imine (C=N–C) groups is 1. The molecule has 1 fully saturated rings. The smallest absolute Gasteiger partial charge is 0.267 e. The minimum Gasteiger partial charge on any atom is -0.321 e. The molecule has 162 valence electrons. The predicted molar refractivity (Wildman–Crippen MR) is 137 cm³/mol. The zero-order valence-electron chi connectivity index (χ0n) is 18.3. The monoisotopic (exact) mass is 449 g/mol. The number of benzene rings is 3. The van der Waals surface area contributed by atoms with E-state index in [1.165, 1.54) is 11.8 Å². The molecule has 1 aliphatic heterocycles. The van der Waals surface area contributed by atoms with Gasteiger partial charge in [-0.1, -0.05) is 66.7 Å². The highest BCUT2D eigenvalue weighted by Gasteiger charge is 2.33. The molecule has 0 bridgehead atoms. The van der Waals surface area contributed by atoms with Gasteiger partial charge in [0.15, 0.2) is 5.17 Å². The van der Waals surface area contributed by atoms with Crippen LogP contribution in [-0.4, -0.2) is 20.5 Å². The SMILES string of the molecule is Cc1cc(/C=C2/SC(=Nc3ccccc3)N(Cc3ccccc3)C2=O)cn1-c1ccccc1. The Labute approximate surface area is 197 Å². The summed E-state index contributed by atoms with van der Waals surface area (Å²) in [6.07, 6.45) is 4.03. The number of amidine groups is 1. The highest BCUT2D eigenvalue weighted by atomic mass is 32.2. The first-order chi connectivity index (χ1) is 16.2. The van der Waals surface area contributed by atoms with Gasteiger partial charge in [0.05, 0.1) is 17.1 Å². The maximum atomic E-state index is 13.4. The van der Waals surface area contributed by atoms with Gasteiger partial charge >= 0.3 is 0 Å². The first kappa shape index (κ1) is 21.0. The van der Waals surface area contributed by atoms with E-state index in [2.05, 4.69) is 35.9 Å². The summed E-state index contributed by atoms with van der Waals surface area (Å²) in [6, 6.07) is 32.1. The summed E-state index contributed by atoms with van der Waals surface area (Å²) >= 11 is 1.42. The summed E-state index contributed by atoms with van der Waals surface area (Å²) in [4.78, 5) is 20.6. The quantitative estimate of drug-likeness (QED) is 0.322. The van der Waals surface area contributed by atoms with Crippen LogP contribution in [-0.2, 0) is 11.3 Å². The van der Waals surface area contributed by atoms with Crippen LogP contribution in [0.25, 0.3) is 11.8 Å². The maximum Gasteiger partial charge on any atom is 0.267 e. The molecule has 33 heavy (non-hydrogen) atoms. The van der Waals surface area contributed by atoms with E-state index in [1.807, 2.05) is 84.9 Å². The van der Waals surface area contributed by atoms with E-state index in [9.17, 15) is 4.79 Å². The van der Waals surface area contributed by atoms with Gasteiger partial charge in [0, 0.05) is 17.6 Å². The number of hydrogen-bond donors (Lipinski definition) is 0. The van der Waals surface area contributed by atoms with Crippen molar-refractivity contribution in [1.29, 1.82) is 0 Å². The number of aryl methyl sites for hydroxylation is 1. The van der Waals surface area contributed by atoms with Gasteiger partial charge in [-0.05, 0) is 66.2 Å². The van der Waals surface area contributed by atoms with Crippen molar-refractivity contribution in [2.24, 2.45) is 4.99 Å². The van der Waals surface area contributed by atoms with Crippen molar-refractivity contribution in [2.75, 3.05) is 0 Å². The summed E-state index contributed by atoms with van der Waals surface area (Å²) in [5.74, 6) is -0.0244. The molecule has 5 heteroatoms. The van der Waals surface area contributed by atoms with Gasteiger partial charge in [0.1, 0.15) is 0 Å². The molecule has 4 aromatic rings. The Balaban J connectivity index is 1.49. The minimum atomic E-state index is -0.0244. The van der Waals surface area contributed by atoms with Crippen LogP contribution in [0.5, 0.6) is 0 Å². The zero-order valence-corrected chi connectivity index (χ0v) is 19.1. The molecule has 4 nitrogen and oxygen atoms in total. The molecule has 0 N–H and O–H groups in total. The highest BCUT2D eigenvalue weighted by molar-refractivity contribution is 8.18. The molecule has 1 amide bonds. The number of nitrogens with zero attached hydrogens (tertiary/aromatic N) is 3. The van der Waals surface area contributed by atoms with Gasteiger partial charge in [-0.2, -0.15) is 0 Å². The molecule has 0 radical (unpaired) electrons. The normalized spacial score (nSPS) is 16.2. The number of aromatic nitrogens is 1. The third kappa shape index (κ3) is 4.69. The first-order valence-corrected chi connectivity index (χ1v) is 11.6. The van der Waals surface area contributed by atoms with E-state index >= 15 is 0 Å². The van der Waals surface area contributed by atoms with Gasteiger partial charge < -0.3 is 4.57 Å². The molecule has 0 spiro atoms. The van der Waals surface area contributed by atoms with E-state index in [-0.39, 0.29) is 5.91 Å². The van der Waals surface area contributed by atoms with Gasteiger partial charge in [-0.3, -0.25) is 9.69 Å². The summed E-state index contributed by atoms with van der Waals surface area (Å²) < 4.78 is 2.14. The first-order valence-electron chi connectivity index (χ1n) is 10.8. The minimum absolute atomic E-state index is 0.0244. The van der Waals surface area contributed by atoms with Gasteiger partial charge in [0.25, 0.3) is 5.91 Å². The van der Waals surface area contributed by atoms with Crippen LogP contribution in [0.3, 0.4) is 0 Å². The summed E-state index contributed by atoms with van der Waals surface area (Å²) in [6.45, 7) is 2.56. The zero-order chi connectivity index (χ0) is 22.6. The second-order valence-electron chi connectivity index (χ2n) is 7.84. The topological polar surface area (TPSA) is 37.6 Å². The van der Waals surface area contributed by atoms with E-state index < -0.39 is 0 Å². The number of hydrogen-bond acceptors (Lipinski definition) is 3. The third-order valence-electron chi connectivity index (χ3n) is 5.42. The Morgan fingerprint density at radius 3 is 2.21 bits per heavy atom. The Bertz CT molecular complexity index is 1330. The van der Waals surface area contributed by atoms with Gasteiger partial charge in [-0.15, -0.1) is 0 Å². The summed E-state index contributed by atoms with van der Waals surface area (Å²) in [7, 11) is 0. The predicted octanol–water partition coefficient (Wildman–Crippen LogP) is 6.59. The average molecular weight is 450 g/mol.